The highest BCUT2D eigenvalue weighted by molar-refractivity contribution is 9.10. The van der Waals surface area contributed by atoms with Gasteiger partial charge in [0.2, 0.25) is 0 Å². The van der Waals surface area contributed by atoms with Crippen LogP contribution in [0.2, 0.25) is 0 Å². The van der Waals surface area contributed by atoms with Gasteiger partial charge in [-0.05, 0) is 28.9 Å². The van der Waals surface area contributed by atoms with Gasteiger partial charge < -0.3 is 0 Å². The first-order chi connectivity index (χ1) is 6.06. The number of hydrogen-bond donors (Lipinski definition) is 0. The summed E-state index contributed by atoms with van der Waals surface area (Å²) in [5.74, 6) is 0. The number of alkyl halides is 2. The fourth-order valence-corrected chi connectivity index (χ4v) is 1.57. The van der Waals surface area contributed by atoms with Crippen molar-refractivity contribution in [1.29, 1.82) is 0 Å². The van der Waals surface area contributed by atoms with Crippen molar-refractivity contribution >= 4 is 22.2 Å². The molecule has 0 atom stereocenters. The van der Waals surface area contributed by atoms with Gasteiger partial charge in [-0.25, -0.2) is 13.8 Å². The van der Waals surface area contributed by atoms with E-state index in [-0.39, 0.29) is 15.7 Å². The van der Waals surface area contributed by atoms with E-state index in [1.54, 1.807) is 6.92 Å². The van der Waals surface area contributed by atoms with E-state index in [4.69, 9.17) is 0 Å². The Morgan fingerprint density at radius 2 is 2.23 bits per heavy atom. The lowest BCUT2D eigenvalue weighted by Gasteiger charge is -2.05. The second kappa shape index (κ2) is 3.91. The number of nitrogens with zero attached hydrogens (tertiary/aromatic N) is 1. The highest BCUT2D eigenvalue weighted by atomic mass is 79.9. The monoisotopic (exact) mass is 249 g/mol. The van der Waals surface area contributed by atoms with Gasteiger partial charge in [0.25, 0.3) is 6.43 Å². The van der Waals surface area contributed by atoms with Crippen LogP contribution in [0.4, 0.5) is 8.78 Å². The van der Waals surface area contributed by atoms with Crippen LogP contribution in [0.15, 0.2) is 10.7 Å². The third-order valence-electron chi connectivity index (χ3n) is 1.53. The molecule has 5 heteroatoms. The maximum Gasteiger partial charge on any atom is 0.264 e. The van der Waals surface area contributed by atoms with Gasteiger partial charge in [-0.3, -0.25) is 4.79 Å². The minimum Gasteiger partial charge on any atom is -0.298 e. The number of aldehydes is 1. The zero-order valence-corrected chi connectivity index (χ0v) is 8.31. The van der Waals surface area contributed by atoms with E-state index in [1.165, 1.54) is 6.07 Å². The number of rotatable bonds is 2. The summed E-state index contributed by atoms with van der Waals surface area (Å²) in [5.41, 5.74) is 0.0859. The summed E-state index contributed by atoms with van der Waals surface area (Å²) in [6.45, 7) is 1.59. The summed E-state index contributed by atoms with van der Waals surface area (Å²) in [6, 6.07) is 1.21. The highest BCUT2D eigenvalue weighted by Crippen LogP contribution is 2.26. The van der Waals surface area contributed by atoms with E-state index in [0.29, 0.717) is 12.0 Å². The Morgan fingerprint density at radius 1 is 1.62 bits per heavy atom. The van der Waals surface area contributed by atoms with Gasteiger partial charge in [-0.15, -0.1) is 0 Å². The Bertz CT molecular complexity index is 341. The van der Waals surface area contributed by atoms with Gasteiger partial charge in [0.15, 0.2) is 6.29 Å². The standard InChI is InChI=1S/C8H6BrF2NO/c1-4-2-5(8(10)11)6(3-13)7(9)12-4/h2-3,8H,1H3. The molecule has 0 fully saturated rings. The molecule has 0 aliphatic heterocycles. The number of carbonyl (C=O) groups excluding carboxylic acids is 1. The number of halogens is 3. The summed E-state index contributed by atoms with van der Waals surface area (Å²) in [5, 5.41) is 0. The molecule has 1 aromatic heterocycles. The molecular formula is C8H6BrF2NO. The second-order valence-corrected chi connectivity index (χ2v) is 3.23. The molecular weight excluding hydrogens is 244 g/mol. The lowest BCUT2D eigenvalue weighted by atomic mass is 10.1. The average Bonchev–Trinajstić information content (AvgIpc) is 2.02. The number of aryl methyl sites for hydroxylation is 1. The van der Waals surface area contributed by atoms with Crippen LogP contribution in [0.1, 0.15) is 28.0 Å². The number of hydrogen-bond acceptors (Lipinski definition) is 2. The van der Waals surface area contributed by atoms with Crippen molar-refractivity contribution in [1.82, 2.24) is 4.98 Å². The summed E-state index contributed by atoms with van der Waals surface area (Å²) < 4.78 is 24.9. The van der Waals surface area contributed by atoms with E-state index in [1.807, 2.05) is 0 Å². The smallest absolute Gasteiger partial charge is 0.264 e. The van der Waals surface area contributed by atoms with Crippen LogP contribution in [0.25, 0.3) is 0 Å². The Kier molecular flexibility index (Phi) is 3.08. The Balaban J connectivity index is 3.38. The largest absolute Gasteiger partial charge is 0.298 e. The molecule has 1 rings (SSSR count). The summed E-state index contributed by atoms with van der Waals surface area (Å²) >= 11 is 2.95. The Hall–Kier alpha value is -0.840. The average molecular weight is 250 g/mol. The molecule has 0 bridgehead atoms. The van der Waals surface area contributed by atoms with Gasteiger partial charge in [0.05, 0.1) is 5.56 Å². The van der Waals surface area contributed by atoms with Crippen molar-refractivity contribution < 1.29 is 13.6 Å². The molecule has 0 N–H and O–H groups in total. The van der Waals surface area contributed by atoms with Gasteiger partial charge in [0.1, 0.15) is 4.60 Å². The van der Waals surface area contributed by atoms with Gasteiger partial charge in [-0.2, -0.15) is 0 Å². The molecule has 70 valence electrons. The highest BCUT2D eigenvalue weighted by Gasteiger charge is 2.16. The van der Waals surface area contributed by atoms with Crippen LogP contribution in [0.5, 0.6) is 0 Å². The van der Waals surface area contributed by atoms with Crippen molar-refractivity contribution in [2.24, 2.45) is 0 Å². The lowest BCUT2D eigenvalue weighted by molar-refractivity contribution is 0.110. The van der Waals surface area contributed by atoms with Crippen LogP contribution in [-0.4, -0.2) is 11.3 Å². The maximum absolute atomic E-state index is 12.4. The van der Waals surface area contributed by atoms with E-state index in [2.05, 4.69) is 20.9 Å². The fourth-order valence-electron chi connectivity index (χ4n) is 0.966. The van der Waals surface area contributed by atoms with Gasteiger partial charge >= 0.3 is 0 Å². The summed E-state index contributed by atoms with van der Waals surface area (Å²) in [4.78, 5) is 14.3. The molecule has 0 saturated heterocycles. The zero-order valence-electron chi connectivity index (χ0n) is 6.72. The molecule has 1 aromatic rings. The molecule has 1 heterocycles. The molecule has 0 aliphatic carbocycles. The topological polar surface area (TPSA) is 30.0 Å². The van der Waals surface area contributed by atoms with Crippen molar-refractivity contribution in [2.45, 2.75) is 13.3 Å². The number of carbonyl (C=O) groups is 1. The number of pyridine rings is 1. The fraction of sp³-hybridized carbons (Fsp3) is 0.250. The first-order valence-corrected chi connectivity index (χ1v) is 4.26. The predicted octanol–water partition coefficient (Wildman–Crippen LogP) is 2.90. The summed E-state index contributed by atoms with van der Waals surface area (Å²) in [6.07, 6.45) is -2.28. The zero-order chi connectivity index (χ0) is 10.0. The van der Waals surface area contributed by atoms with Crippen LogP contribution in [0.3, 0.4) is 0 Å². The van der Waals surface area contributed by atoms with Crippen LogP contribution < -0.4 is 0 Å². The lowest BCUT2D eigenvalue weighted by Crippen LogP contribution is -1.98. The molecule has 0 saturated carbocycles. The molecule has 13 heavy (non-hydrogen) atoms. The van der Waals surface area contributed by atoms with Crippen molar-refractivity contribution in [2.75, 3.05) is 0 Å². The quantitative estimate of drug-likeness (QED) is 0.596. The van der Waals surface area contributed by atoms with E-state index in [0.717, 1.165) is 0 Å². The minimum atomic E-state index is -2.65. The number of aromatic nitrogens is 1. The molecule has 0 aliphatic rings. The molecule has 0 radical (unpaired) electrons. The van der Waals surface area contributed by atoms with E-state index < -0.39 is 6.43 Å². The SMILES string of the molecule is Cc1cc(C(F)F)c(C=O)c(Br)n1. The van der Waals surface area contributed by atoms with E-state index >= 15 is 0 Å². The molecule has 0 unspecified atom stereocenters. The third kappa shape index (κ3) is 2.09. The molecule has 0 spiro atoms. The van der Waals surface area contributed by atoms with Crippen molar-refractivity contribution in [3.63, 3.8) is 0 Å². The van der Waals surface area contributed by atoms with Crippen molar-refractivity contribution in [3.8, 4) is 0 Å². The minimum absolute atomic E-state index is 0.0828. The van der Waals surface area contributed by atoms with Gasteiger partial charge in [-0.1, -0.05) is 0 Å². The van der Waals surface area contributed by atoms with E-state index in [9.17, 15) is 13.6 Å². The summed E-state index contributed by atoms with van der Waals surface area (Å²) in [7, 11) is 0. The third-order valence-corrected chi connectivity index (χ3v) is 2.13. The Morgan fingerprint density at radius 3 is 2.69 bits per heavy atom. The Labute approximate surface area is 82.1 Å². The van der Waals surface area contributed by atoms with Crippen LogP contribution >= 0.6 is 15.9 Å². The first-order valence-electron chi connectivity index (χ1n) is 3.46. The second-order valence-electron chi connectivity index (χ2n) is 2.48. The molecule has 2 nitrogen and oxygen atoms in total. The van der Waals surface area contributed by atoms with Crippen LogP contribution in [-0.2, 0) is 0 Å². The molecule has 0 aromatic carbocycles. The normalized spacial score (nSPS) is 10.5. The molecule has 0 amide bonds. The van der Waals surface area contributed by atoms with Crippen molar-refractivity contribution in [3.05, 3.63) is 27.5 Å². The predicted molar refractivity (Wildman–Crippen MR) is 47.0 cm³/mol. The van der Waals surface area contributed by atoms with Crippen LogP contribution in [0, 0.1) is 6.92 Å². The first kappa shape index (κ1) is 10.2. The maximum atomic E-state index is 12.4. The van der Waals surface area contributed by atoms with Gasteiger partial charge in [0, 0.05) is 11.3 Å².